The van der Waals surface area contributed by atoms with Gasteiger partial charge >= 0.3 is 0 Å². The van der Waals surface area contributed by atoms with Crippen LogP contribution in [0, 0.1) is 0 Å². The van der Waals surface area contributed by atoms with Gasteiger partial charge in [0.1, 0.15) is 0 Å². The quantitative estimate of drug-likeness (QED) is 0.766. The van der Waals surface area contributed by atoms with Gasteiger partial charge in [0.2, 0.25) is 5.91 Å². The summed E-state index contributed by atoms with van der Waals surface area (Å²) in [6, 6.07) is 0. The van der Waals surface area contributed by atoms with Crippen LogP contribution in [0.1, 0.15) is 32.6 Å². The van der Waals surface area contributed by atoms with Gasteiger partial charge in [0.15, 0.2) is 9.84 Å². The Morgan fingerprint density at radius 3 is 2.44 bits per heavy atom. The molecule has 0 N–H and O–H groups in total. The number of rotatable bonds is 5. The van der Waals surface area contributed by atoms with Gasteiger partial charge < -0.3 is 4.90 Å². The van der Waals surface area contributed by atoms with Crippen molar-refractivity contribution in [3.05, 3.63) is 0 Å². The van der Waals surface area contributed by atoms with E-state index in [1.165, 1.54) is 25.7 Å². The maximum Gasteiger partial charge on any atom is 0.232 e. The Kier molecular flexibility index (Phi) is 4.59. The summed E-state index contributed by atoms with van der Waals surface area (Å²) in [5.41, 5.74) is 0. The average molecular weight is 291 g/mol. The zero-order chi connectivity index (χ0) is 13.2. The lowest BCUT2D eigenvalue weighted by atomic mass is 10.2. The van der Waals surface area contributed by atoms with Crippen molar-refractivity contribution < 1.29 is 13.2 Å². The number of carbonyl (C=O) groups is 1. The zero-order valence-electron chi connectivity index (χ0n) is 10.8. The molecule has 1 aliphatic heterocycles. The second-order valence-corrected chi connectivity index (χ2v) is 8.95. The topological polar surface area (TPSA) is 54.5 Å². The summed E-state index contributed by atoms with van der Waals surface area (Å²) in [4.78, 5) is 13.5. The monoisotopic (exact) mass is 291 g/mol. The minimum absolute atomic E-state index is 0.106. The maximum atomic E-state index is 11.9. The van der Waals surface area contributed by atoms with Crippen molar-refractivity contribution >= 4 is 27.5 Å². The number of thioether (sulfide) groups is 1. The molecule has 1 saturated heterocycles. The van der Waals surface area contributed by atoms with Crippen LogP contribution in [-0.2, 0) is 14.6 Å². The van der Waals surface area contributed by atoms with E-state index in [0.717, 1.165) is 0 Å². The summed E-state index contributed by atoms with van der Waals surface area (Å²) in [6.07, 6.45) is 5.02. The van der Waals surface area contributed by atoms with Crippen LogP contribution in [0.5, 0.6) is 0 Å². The fourth-order valence-corrected chi connectivity index (χ4v) is 4.95. The Hall–Kier alpha value is -0.230. The van der Waals surface area contributed by atoms with Crippen LogP contribution in [0.4, 0.5) is 0 Å². The molecule has 18 heavy (non-hydrogen) atoms. The minimum Gasteiger partial charge on any atom is -0.339 e. The molecule has 1 amide bonds. The van der Waals surface area contributed by atoms with Gasteiger partial charge in [0.05, 0.1) is 11.0 Å². The first-order chi connectivity index (χ1) is 8.53. The Bertz CT molecular complexity index is 396. The van der Waals surface area contributed by atoms with E-state index < -0.39 is 9.84 Å². The Morgan fingerprint density at radius 1 is 1.28 bits per heavy atom. The highest BCUT2D eigenvalue weighted by atomic mass is 32.2. The second kappa shape index (κ2) is 5.82. The van der Waals surface area contributed by atoms with E-state index in [9.17, 15) is 13.2 Å². The van der Waals surface area contributed by atoms with Gasteiger partial charge in [-0.2, -0.15) is 0 Å². The van der Waals surface area contributed by atoms with Gasteiger partial charge in [0, 0.05) is 24.1 Å². The van der Waals surface area contributed by atoms with Crippen molar-refractivity contribution in [2.75, 3.05) is 24.6 Å². The first-order valence-electron chi connectivity index (χ1n) is 6.64. The molecule has 0 radical (unpaired) electrons. The predicted molar refractivity (Wildman–Crippen MR) is 74.5 cm³/mol. The number of sulfone groups is 1. The summed E-state index contributed by atoms with van der Waals surface area (Å²) >= 11 is 1.74. The van der Waals surface area contributed by atoms with Gasteiger partial charge in [-0.15, -0.1) is 11.8 Å². The van der Waals surface area contributed by atoms with E-state index in [1.54, 1.807) is 23.6 Å². The second-order valence-electron chi connectivity index (χ2n) is 5.09. The number of nitrogens with zero attached hydrogens (tertiary/aromatic N) is 1. The van der Waals surface area contributed by atoms with E-state index in [-0.39, 0.29) is 16.9 Å². The summed E-state index contributed by atoms with van der Waals surface area (Å²) in [5, 5.41) is 0.327. The Morgan fingerprint density at radius 2 is 1.89 bits per heavy atom. The van der Waals surface area contributed by atoms with Crippen molar-refractivity contribution in [1.29, 1.82) is 0 Å². The van der Waals surface area contributed by atoms with Crippen LogP contribution in [0.3, 0.4) is 0 Å². The zero-order valence-corrected chi connectivity index (χ0v) is 12.4. The normalized spacial score (nSPS) is 22.2. The molecule has 0 aromatic carbocycles. The maximum absolute atomic E-state index is 11.9. The highest BCUT2D eigenvalue weighted by Gasteiger charge is 2.38. The number of hydrogen-bond acceptors (Lipinski definition) is 4. The van der Waals surface area contributed by atoms with Crippen molar-refractivity contribution in [2.45, 2.75) is 43.1 Å². The van der Waals surface area contributed by atoms with Crippen molar-refractivity contribution in [3.63, 3.8) is 0 Å². The van der Waals surface area contributed by atoms with Crippen molar-refractivity contribution in [2.24, 2.45) is 0 Å². The molecule has 4 nitrogen and oxygen atoms in total. The smallest absolute Gasteiger partial charge is 0.232 e. The van der Waals surface area contributed by atoms with Crippen LogP contribution in [0.2, 0.25) is 0 Å². The molecule has 1 heterocycles. The average Bonchev–Trinajstić information content (AvgIpc) is 2.76. The molecule has 0 bridgehead atoms. The lowest BCUT2D eigenvalue weighted by Crippen LogP contribution is -2.57. The molecule has 0 atom stereocenters. The lowest BCUT2D eigenvalue weighted by Gasteiger charge is -2.38. The van der Waals surface area contributed by atoms with Crippen LogP contribution in [0.25, 0.3) is 0 Å². The van der Waals surface area contributed by atoms with E-state index in [0.29, 0.717) is 24.1 Å². The van der Waals surface area contributed by atoms with Crippen molar-refractivity contribution in [3.8, 4) is 0 Å². The van der Waals surface area contributed by atoms with Gasteiger partial charge in [-0.05, 0) is 12.8 Å². The SMILES string of the molecule is CCS(=O)(=O)C1CN(C(=O)CSC2CCCC2)C1. The van der Waals surface area contributed by atoms with E-state index >= 15 is 0 Å². The third-order valence-corrected chi connectivity index (χ3v) is 7.33. The molecule has 1 saturated carbocycles. The molecule has 2 fully saturated rings. The van der Waals surface area contributed by atoms with Crippen molar-refractivity contribution in [1.82, 2.24) is 4.90 Å². The van der Waals surface area contributed by atoms with E-state index in [4.69, 9.17) is 0 Å². The molecule has 1 aliphatic carbocycles. The number of amides is 1. The van der Waals surface area contributed by atoms with Crippen LogP contribution < -0.4 is 0 Å². The summed E-state index contributed by atoms with van der Waals surface area (Å²) < 4.78 is 23.1. The molecule has 2 aliphatic rings. The fraction of sp³-hybridized carbons (Fsp3) is 0.917. The van der Waals surface area contributed by atoms with Gasteiger partial charge in [-0.25, -0.2) is 8.42 Å². The Balaban J connectivity index is 1.70. The molecule has 0 aromatic rings. The van der Waals surface area contributed by atoms with Gasteiger partial charge in [-0.1, -0.05) is 19.8 Å². The highest BCUT2D eigenvalue weighted by molar-refractivity contribution is 8.00. The molecule has 0 aromatic heterocycles. The summed E-state index contributed by atoms with van der Waals surface area (Å²) in [5.74, 6) is 0.800. The first-order valence-corrected chi connectivity index (χ1v) is 9.40. The third-order valence-electron chi connectivity index (χ3n) is 3.86. The largest absolute Gasteiger partial charge is 0.339 e. The molecule has 0 spiro atoms. The molecule has 0 unspecified atom stereocenters. The highest BCUT2D eigenvalue weighted by Crippen LogP contribution is 2.30. The minimum atomic E-state index is -2.96. The van der Waals surface area contributed by atoms with Gasteiger partial charge in [-0.3, -0.25) is 4.79 Å². The van der Waals surface area contributed by atoms with E-state index in [2.05, 4.69) is 0 Å². The van der Waals surface area contributed by atoms with E-state index in [1.807, 2.05) is 0 Å². The molecular weight excluding hydrogens is 270 g/mol. The third kappa shape index (κ3) is 3.20. The molecular formula is C12H21NO3S2. The lowest BCUT2D eigenvalue weighted by molar-refractivity contribution is -0.131. The first kappa shape index (κ1) is 14.2. The molecule has 104 valence electrons. The summed E-state index contributed by atoms with van der Waals surface area (Å²) in [7, 11) is -2.96. The van der Waals surface area contributed by atoms with Crippen LogP contribution in [0.15, 0.2) is 0 Å². The number of carbonyl (C=O) groups excluding carboxylic acids is 1. The van der Waals surface area contributed by atoms with Crippen LogP contribution in [-0.4, -0.2) is 54.3 Å². The standard InChI is InChI=1S/C12H21NO3S2/c1-2-18(15,16)11-7-13(8-11)12(14)9-17-10-5-3-4-6-10/h10-11H,2-9H2,1H3. The number of hydrogen-bond donors (Lipinski definition) is 0. The summed E-state index contributed by atoms with van der Waals surface area (Å²) in [6.45, 7) is 2.47. The predicted octanol–water partition coefficient (Wildman–Crippen LogP) is 1.31. The van der Waals surface area contributed by atoms with Crippen LogP contribution >= 0.6 is 11.8 Å². The number of likely N-dealkylation sites (tertiary alicyclic amines) is 1. The molecule has 2 rings (SSSR count). The molecule has 6 heteroatoms. The Labute approximate surface area is 113 Å². The van der Waals surface area contributed by atoms with Gasteiger partial charge in [0.25, 0.3) is 0 Å². The fourth-order valence-electron chi connectivity index (χ4n) is 2.44.